The Morgan fingerprint density at radius 3 is 2.83 bits per heavy atom. The lowest BCUT2D eigenvalue weighted by Gasteiger charge is -2.33. The minimum Gasteiger partial charge on any atom is -0.334 e. The number of rotatable bonds is 4. The third kappa shape index (κ3) is 3.08. The van der Waals surface area contributed by atoms with Crippen LogP contribution in [0.1, 0.15) is 17.8 Å². The van der Waals surface area contributed by atoms with Crippen LogP contribution in [-0.2, 0) is 24.3 Å². The molecule has 1 atom stereocenters. The standard InChI is InChI=1S/C14H13ClF3N5O/c15-6-13(24)22(7-9-10(16)1-2-11(17)14(9)18)8-3-4-23-12(5-8)19-20-21-23/h1-2,8H,3-7H2. The molecule has 0 saturated heterocycles. The van der Waals surface area contributed by atoms with E-state index in [2.05, 4.69) is 15.5 Å². The van der Waals surface area contributed by atoms with Gasteiger partial charge in [-0.1, -0.05) is 0 Å². The van der Waals surface area contributed by atoms with Gasteiger partial charge in [0.05, 0.1) is 6.54 Å². The summed E-state index contributed by atoms with van der Waals surface area (Å²) in [6.45, 7) is 0.0559. The number of aromatic nitrogens is 4. The second-order valence-corrected chi connectivity index (χ2v) is 5.71. The number of hydrogen-bond acceptors (Lipinski definition) is 4. The maximum Gasteiger partial charge on any atom is 0.238 e. The van der Waals surface area contributed by atoms with Gasteiger partial charge in [0.15, 0.2) is 17.5 Å². The number of halogens is 4. The summed E-state index contributed by atoms with van der Waals surface area (Å²) >= 11 is 5.62. The number of tetrazole rings is 1. The summed E-state index contributed by atoms with van der Waals surface area (Å²) in [5.74, 6) is -3.66. The van der Waals surface area contributed by atoms with E-state index in [9.17, 15) is 18.0 Å². The molecule has 1 aliphatic heterocycles. The lowest BCUT2D eigenvalue weighted by atomic mass is 10.0. The van der Waals surface area contributed by atoms with Gasteiger partial charge in [-0.25, -0.2) is 17.9 Å². The van der Waals surface area contributed by atoms with E-state index in [-0.39, 0.29) is 11.9 Å². The van der Waals surface area contributed by atoms with Crippen LogP contribution in [0.3, 0.4) is 0 Å². The molecule has 0 bridgehead atoms. The third-order valence-corrected chi connectivity index (χ3v) is 4.27. The number of alkyl halides is 1. The molecule has 1 amide bonds. The molecule has 0 fully saturated rings. The third-order valence-electron chi connectivity index (χ3n) is 4.04. The van der Waals surface area contributed by atoms with Crippen LogP contribution in [0.4, 0.5) is 13.2 Å². The van der Waals surface area contributed by atoms with Gasteiger partial charge in [0.2, 0.25) is 5.91 Å². The Labute approximate surface area is 140 Å². The molecule has 2 heterocycles. The van der Waals surface area contributed by atoms with Crippen molar-refractivity contribution in [2.75, 3.05) is 5.88 Å². The summed E-state index contributed by atoms with van der Waals surface area (Å²) in [4.78, 5) is 13.4. The average Bonchev–Trinajstić information content (AvgIpc) is 3.05. The second-order valence-electron chi connectivity index (χ2n) is 5.44. The van der Waals surface area contributed by atoms with Crippen molar-refractivity contribution in [3.05, 3.63) is 41.0 Å². The maximum atomic E-state index is 13.9. The van der Waals surface area contributed by atoms with Crippen molar-refractivity contribution in [1.82, 2.24) is 25.1 Å². The van der Waals surface area contributed by atoms with Crippen molar-refractivity contribution in [1.29, 1.82) is 0 Å². The largest absolute Gasteiger partial charge is 0.334 e. The highest BCUT2D eigenvalue weighted by Gasteiger charge is 2.30. The summed E-state index contributed by atoms with van der Waals surface area (Å²) < 4.78 is 42.8. The van der Waals surface area contributed by atoms with E-state index in [1.807, 2.05) is 0 Å². The summed E-state index contributed by atoms with van der Waals surface area (Å²) in [6.07, 6.45) is 0.827. The van der Waals surface area contributed by atoms with Crippen molar-refractivity contribution in [3.8, 4) is 0 Å². The molecule has 3 rings (SSSR count). The Kier molecular flexibility index (Phi) is 4.70. The zero-order valence-corrected chi connectivity index (χ0v) is 13.2. The van der Waals surface area contributed by atoms with E-state index < -0.39 is 35.5 Å². The molecule has 1 unspecified atom stereocenters. The summed E-state index contributed by atoms with van der Waals surface area (Å²) in [5.41, 5.74) is -0.501. The molecule has 0 aliphatic carbocycles. The predicted octanol–water partition coefficient (Wildman–Crippen LogP) is 1.67. The van der Waals surface area contributed by atoms with Crippen LogP contribution in [-0.4, -0.2) is 42.9 Å². The lowest BCUT2D eigenvalue weighted by molar-refractivity contribution is -0.132. The summed E-state index contributed by atoms with van der Waals surface area (Å²) in [7, 11) is 0. The van der Waals surface area contributed by atoms with Gasteiger partial charge in [0.25, 0.3) is 0 Å². The van der Waals surface area contributed by atoms with E-state index in [0.717, 1.165) is 6.07 Å². The molecule has 0 saturated carbocycles. The van der Waals surface area contributed by atoms with Gasteiger partial charge < -0.3 is 4.90 Å². The number of carbonyl (C=O) groups excluding carboxylic acids is 1. The van der Waals surface area contributed by atoms with Gasteiger partial charge in [-0.15, -0.1) is 16.7 Å². The number of carbonyl (C=O) groups is 1. The van der Waals surface area contributed by atoms with Crippen LogP contribution in [0.15, 0.2) is 12.1 Å². The Morgan fingerprint density at radius 2 is 2.08 bits per heavy atom. The fourth-order valence-corrected chi connectivity index (χ4v) is 2.93. The Hall–Kier alpha value is -2.16. The fraction of sp³-hybridized carbons (Fsp3) is 0.429. The molecule has 24 heavy (non-hydrogen) atoms. The molecule has 128 valence electrons. The SMILES string of the molecule is O=C(CCl)N(Cc1c(F)ccc(F)c1F)C1CCn2nnnc2C1. The predicted molar refractivity (Wildman–Crippen MR) is 77.5 cm³/mol. The van der Waals surface area contributed by atoms with Gasteiger partial charge in [-0.2, -0.15) is 0 Å². The summed E-state index contributed by atoms with van der Waals surface area (Å²) in [5, 5.41) is 11.2. The Bertz CT molecular complexity index is 769. The monoisotopic (exact) mass is 359 g/mol. The van der Waals surface area contributed by atoms with Crippen molar-refractivity contribution in [3.63, 3.8) is 0 Å². The van der Waals surface area contributed by atoms with E-state index in [1.54, 1.807) is 4.68 Å². The molecule has 1 aliphatic rings. The molecule has 2 aromatic rings. The van der Waals surface area contributed by atoms with Gasteiger partial charge in [-0.05, 0) is 29.0 Å². The van der Waals surface area contributed by atoms with Crippen LogP contribution < -0.4 is 0 Å². The van der Waals surface area contributed by atoms with E-state index in [4.69, 9.17) is 11.6 Å². The Balaban J connectivity index is 1.89. The number of benzene rings is 1. The van der Waals surface area contributed by atoms with E-state index in [1.165, 1.54) is 4.90 Å². The molecular weight excluding hydrogens is 347 g/mol. The normalized spacial score (nSPS) is 16.8. The molecule has 0 N–H and O–H groups in total. The molecule has 0 spiro atoms. The first kappa shape index (κ1) is 16.7. The number of fused-ring (bicyclic) bond motifs is 1. The second kappa shape index (κ2) is 6.76. The first-order chi connectivity index (χ1) is 11.5. The Morgan fingerprint density at radius 1 is 1.33 bits per heavy atom. The van der Waals surface area contributed by atoms with Gasteiger partial charge >= 0.3 is 0 Å². The van der Waals surface area contributed by atoms with E-state index >= 15 is 0 Å². The zero-order valence-electron chi connectivity index (χ0n) is 12.4. The molecule has 0 radical (unpaired) electrons. The number of nitrogens with zero attached hydrogens (tertiary/aromatic N) is 5. The van der Waals surface area contributed by atoms with Gasteiger partial charge in [-0.3, -0.25) is 4.79 Å². The molecule has 10 heteroatoms. The quantitative estimate of drug-likeness (QED) is 0.615. The van der Waals surface area contributed by atoms with Crippen LogP contribution in [0, 0.1) is 17.5 Å². The van der Waals surface area contributed by atoms with Gasteiger partial charge in [0, 0.05) is 24.6 Å². The van der Waals surface area contributed by atoms with Crippen LogP contribution in [0.5, 0.6) is 0 Å². The van der Waals surface area contributed by atoms with Crippen LogP contribution in [0.2, 0.25) is 0 Å². The number of amides is 1. The summed E-state index contributed by atoms with van der Waals surface area (Å²) in [6, 6.07) is 1.16. The topological polar surface area (TPSA) is 63.9 Å². The minimum absolute atomic E-state index is 0.328. The molecular formula is C14H13ClF3N5O. The van der Waals surface area contributed by atoms with Crippen molar-refractivity contribution in [2.24, 2.45) is 0 Å². The molecule has 1 aromatic carbocycles. The smallest absolute Gasteiger partial charge is 0.238 e. The van der Waals surface area contributed by atoms with Gasteiger partial charge in [0.1, 0.15) is 11.7 Å². The van der Waals surface area contributed by atoms with Crippen LogP contribution in [0.25, 0.3) is 0 Å². The number of aryl methyl sites for hydroxylation is 1. The van der Waals surface area contributed by atoms with E-state index in [0.29, 0.717) is 31.3 Å². The highest BCUT2D eigenvalue weighted by molar-refractivity contribution is 6.27. The zero-order chi connectivity index (χ0) is 17.3. The van der Waals surface area contributed by atoms with Crippen molar-refractivity contribution >= 4 is 17.5 Å². The number of hydrogen-bond donors (Lipinski definition) is 0. The average molecular weight is 360 g/mol. The minimum atomic E-state index is -1.30. The molecule has 1 aromatic heterocycles. The lowest BCUT2D eigenvalue weighted by Crippen LogP contribution is -2.45. The fourth-order valence-electron chi connectivity index (χ4n) is 2.78. The first-order valence-electron chi connectivity index (χ1n) is 7.24. The highest BCUT2D eigenvalue weighted by Crippen LogP contribution is 2.23. The molecule has 6 nitrogen and oxygen atoms in total. The van der Waals surface area contributed by atoms with Crippen molar-refractivity contribution < 1.29 is 18.0 Å². The van der Waals surface area contributed by atoms with Crippen molar-refractivity contribution in [2.45, 2.75) is 32.0 Å². The maximum absolute atomic E-state index is 13.9. The van der Waals surface area contributed by atoms with Crippen LogP contribution >= 0.6 is 11.6 Å². The first-order valence-corrected chi connectivity index (χ1v) is 7.77. The highest BCUT2D eigenvalue weighted by atomic mass is 35.5.